The number of benzene rings is 2. The Morgan fingerprint density at radius 3 is 2.51 bits per heavy atom. The van der Waals surface area contributed by atoms with Crippen LogP contribution in [0.5, 0.6) is 0 Å². The predicted octanol–water partition coefficient (Wildman–Crippen LogP) is 4.50. The third kappa shape index (κ3) is 5.43. The number of imide groups is 1. The highest BCUT2D eigenvalue weighted by Gasteiger charge is 2.39. The SMILES string of the molecule is CC(C)N(Cc1ccc(CSc2cccc3c2CN(C2CCC(=O)NC2=O)C3=O)c(F)c1)C(C)C. The first-order valence-corrected chi connectivity index (χ1v) is 13.1. The van der Waals surface area contributed by atoms with Crippen LogP contribution in [-0.4, -0.2) is 45.6 Å². The largest absolute Gasteiger partial charge is 0.322 e. The number of rotatable bonds is 8. The molecule has 186 valence electrons. The molecular weight excluding hydrogens is 465 g/mol. The number of nitrogens with zero attached hydrogens (tertiary/aromatic N) is 2. The number of hydrogen-bond acceptors (Lipinski definition) is 5. The maximum atomic E-state index is 15.0. The first-order valence-electron chi connectivity index (χ1n) is 12.1. The molecule has 0 saturated carbocycles. The van der Waals surface area contributed by atoms with Crippen molar-refractivity contribution in [2.24, 2.45) is 0 Å². The number of fused-ring (bicyclic) bond motifs is 1. The minimum Gasteiger partial charge on any atom is -0.322 e. The summed E-state index contributed by atoms with van der Waals surface area (Å²) < 4.78 is 15.0. The van der Waals surface area contributed by atoms with Crippen molar-refractivity contribution in [2.45, 2.75) is 82.4 Å². The van der Waals surface area contributed by atoms with Gasteiger partial charge >= 0.3 is 0 Å². The van der Waals surface area contributed by atoms with Crippen LogP contribution in [0.1, 0.15) is 67.6 Å². The van der Waals surface area contributed by atoms with Crippen LogP contribution in [0.3, 0.4) is 0 Å². The molecule has 4 rings (SSSR count). The molecule has 3 amide bonds. The summed E-state index contributed by atoms with van der Waals surface area (Å²) in [5.41, 5.74) is 2.99. The van der Waals surface area contributed by atoms with E-state index in [1.54, 1.807) is 17.0 Å². The quantitative estimate of drug-likeness (QED) is 0.430. The Hall–Kier alpha value is -2.71. The summed E-state index contributed by atoms with van der Waals surface area (Å²) in [5, 5.41) is 2.33. The van der Waals surface area contributed by atoms with Crippen molar-refractivity contribution in [1.29, 1.82) is 0 Å². The molecule has 8 heteroatoms. The lowest BCUT2D eigenvalue weighted by Gasteiger charge is -2.30. The van der Waals surface area contributed by atoms with Crippen molar-refractivity contribution >= 4 is 29.5 Å². The fourth-order valence-electron chi connectivity index (χ4n) is 4.83. The molecule has 1 fully saturated rings. The van der Waals surface area contributed by atoms with E-state index in [-0.39, 0.29) is 24.1 Å². The fraction of sp³-hybridized carbons (Fsp3) is 0.444. The van der Waals surface area contributed by atoms with Gasteiger partial charge in [-0.1, -0.05) is 18.2 Å². The highest BCUT2D eigenvalue weighted by molar-refractivity contribution is 7.98. The molecule has 0 spiro atoms. The average Bonchev–Trinajstić information content (AvgIpc) is 3.13. The number of piperidine rings is 1. The molecule has 1 atom stereocenters. The second-order valence-electron chi connectivity index (χ2n) is 9.76. The predicted molar refractivity (Wildman–Crippen MR) is 134 cm³/mol. The van der Waals surface area contributed by atoms with Gasteiger partial charge in [-0.15, -0.1) is 11.8 Å². The molecule has 2 aliphatic heterocycles. The first kappa shape index (κ1) is 25.4. The van der Waals surface area contributed by atoms with E-state index < -0.39 is 11.9 Å². The second-order valence-corrected chi connectivity index (χ2v) is 10.8. The van der Waals surface area contributed by atoms with E-state index in [2.05, 4.69) is 37.9 Å². The van der Waals surface area contributed by atoms with Crippen LogP contribution in [0, 0.1) is 5.82 Å². The van der Waals surface area contributed by atoms with Gasteiger partial charge in [0.1, 0.15) is 11.9 Å². The van der Waals surface area contributed by atoms with E-state index >= 15 is 0 Å². The molecule has 2 aliphatic rings. The van der Waals surface area contributed by atoms with E-state index in [0.717, 1.165) is 16.0 Å². The highest BCUT2D eigenvalue weighted by atomic mass is 32.2. The molecule has 6 nitrogen and oxygen atoms in total. The summed E-state index contributed by atoms with van der Waals surface area (Å²) in [7, 11) is 0. The maximum absolute atomic E-state index is 15.0. The van der Waals surface area contributed by atoms with Crippen LogP contribution in [0.15, 0.2) is 41.3 Å². The maximum Gasteiger partial charge on any atom is 0.255 e. The summed E-state index contributed by atoms with van der Waals surface area (Å²) in [6, 6.07) is 11.1. The minimum absolute atomic E-state index is 0.202. The Kier molecular flexibility index (Phi) is 7.62. The van der Waals surface area contributed by atoms with Gasteiger partial charge in [-0.25, -0.2) is 4.39 Å². The second kappa shape index (κ2) is 10.5. The molecule has 2 aromatic carbocycles. The van der Waals surface area contributed by atoms with Gasteiger partial charge in [0.05, 0.1) is 0 Å². The summed E-state index contributed by atoms with van der Waals surface area (Å²) in [5.74, 6) is -0.718. The third-order valence-corrected chi connectivity index (χ3v) is 7.88. The van der Waals surface area contributed by atoms with Gasteiger partial charge < -0.3 is 4.90 Å². The van der Waals surface area contributed by atoms with Gasteiger partial charge in [0.25, 0.3) is 5.91 Å². The first-order chi connectivity index (χ1) is 16.7. The van der Waals surface area contributed by atoms with Crippen molar-refractivity contribution in [1.82, 2.24) is 15.1 Å². The van der Waals surface area contributed by atoms with Crippen molar-refractivity contribution < 1.29 is 18.8 Å². The van der Waals surface area contributed by atoms with Crippen molar-refractivity contribution in [2.75, 3.05) is 0 Å². The molecule has 0 aliphatic carbocycles. The van der Waals surface area contributed by atoms with Crippen molar-refractivity contribution in [3.05, 3.63) is 64.5 Å². The Labute approximate surface area is 210 Å². The lowest BCUT2D eigenvalue weighted by atomic mass is 10.0. The number of thioether (sulfide) groups is 1. The van der Waals surface area contributed by atoms with Crippen LogP contribution >= 0.6 is 11.8 Å². The van der Waals surface area contributed by atoms with Gasteiger partial charge in [-0.2, -0.15) is 0 Å². The van der Waals surface area contributed by atoms with Crippen molar-refractivity contribution in [3.8, 4) is 0 Å². The molecule has 0 aromatic heterocycles. The normalized spacial score (nSPS) is 18.1. The number of amides is 3. The van der Waals surface area contributed by atoms with E-state index in [1.165, 1.54) is 11.8 Å². The molecule has 35 heavy (non-hydrogen) atoms. The molecule has 2 heterocycles. The number of halogens is 1. The van der Waals surface area contributed by atoms with Crippen LogP contribution < -0.4 is 5.32 Å². The summed E-state index contributed by atoms with van der Waals surface area (Å²) in [6.07, 6.45) is 0.551. The van der Waals surface area contributed by atoms with Gasteiger partial charge in [-0.3, -0.25) is 24.6 Å². The average molecular weight is 498 g/mol. The van der Waals surface area contributed by atoms with Gasteiger partial charge in [0.15, 0.2) is 0 Å². The number of nitrogens with one attached hydrogen (secondary N) is 1. The molecule has 0 radical (unpaired) electrons. The standard InChI is InChI=1S/C27H32FN3O3S/c1-16(2)30(17(3)4)13-18-8-9-19(22(28)12-18)15-35-24-7-5-6-20-21(24)14-31(27(20)34)23-10-11-25(32)29-26(23)33/h5-9,12,16-17,23H,10-11,13-15H2,1-4H3,(H,29,32,33). The molecule has 1 saturated heterocycles. The summed E-state index contributed by atoms with van der Waals surface area (Å²) in [4.78, 5) is 41.6. The molecule has 2 aromatic rings. The zero-order valence-electron chi connectivity index (χ0n) is 20.6. The Bertz CT molecular complexity index is 1140. The number of carbonyl (C=O) groups is 3. The monoisotopic (exact) mass is 497 g/mol. The van der Waals surface area contributed by atoms with Crippen LogP contribution in [0.2, 0.25) is 0 Å². The number of hydrogen-bond donors (Lipinski definition) is 1. The summed E-state index contributed by atoms with van der Waals surface area (Å²) >= 11 is 1.49. The van der Waals surface area contributed by atoms with E-state index in [9.17, 15) is 18.8 Å². The van der Waals surface area contributed by atoms with Crippen LogP contribution in [0.25, 0.3) is 0 Å². The Morgan fingerprint density at radius 1 is 1.11 bits per heavy atom. The lowest BCUT2D eigenvalue weighted by molar-refractivity contribution is -0.136. The molecular formula is C27H32FN3O3S. The summed E-state index contributed by atoms with van der Waals surface area (Å²) in [6.45, 7) is 9.59. The van der Waals surface area contributed by atoms with Gasteiger partial charge in [-0.05, 0) is 69.0 Å². The Balaban J connectivity index is 1.46. The van der Waals surface area contributed by atoms with Gasteiger partial charge in [0, 0.05) is 47.8 Å². The lowest BCUT2D eigenvalue weighted by Crippen LogP contribution is -2.52. The van der Waals surface area contributed by atoms with Crippen LogP contribution in [0.4, 0.5) is 4.39 Å². The molecule has 1 N–H and O–H groups in total. The number of carbonyl (C=O) groups excluding carboxylic acids is 3. The molecule has 1 unspecified atom stereocenters. The topological polar surface area (TPSA) is 69.7 Å². The van der Waals surface area contributed by atoms with Gasteiger partial charge in [0.2, 0.25) is 11.8 Å². The van der Waals surface area contributed by atoms with E-state index in [0.29, 0.717) is 48.5 Å². The smallest absolute Gasteiger partial charge is 0.255 e. The van der Waals surface area contributed by atoms with E-state index in [1.807, 2.05) is 24.3 Å². The Morgan fingerprint density at radius 2 is 1.86 bits per heavy atom. The minimum atomic E-state index is -0.647. The fourth-order valence-corrected chi connectivity index (χ4v) is 5.90. The zero-order chi connectivity index (χ0) is 25.3. The highest BCUT2D eigenvalue weighted by Crippen LogP contribution is 2.36. The zero-order valence-corrected chi connectivity index (χ0v) is 21.5. The van der Waals surface area contributed by atoms with Crippen molar-refractivity contribution in [3.63, 3.8) is 0 Å². The third-order valence-electron chi connectivity index (χ3n) is 6.73. The van der Waals surface area contributed by atoms with Crippen LogP contribution in [-0.2, 0) is 28.4 Å². The van der Waals surface area contributed by atoms with E-state index in [4.69, 9.17) is 0 Å². The molecule has 0 bridgehead atoms.